The van der Waals surface area contributed by atoms with Gasteiger partial charge in [0, 0.05) is 31.9 Å². The van der Waals surface area contributed by atoms with Crippen LogP contribution in [0.15, 0.2) is 70.9 Å². The van der Waals surface area contributed by atoms with Crippen LogP contribution in [0.1, 0.15) is 18.9 Å². The molecule has 160 valence electrons. The summed E-state index contributed by atoms with van der Waals surface area (Å²) in [7, 11) is 4.00. The minimum atomic E-state index is -0.561. The molecule has 31 heavy (non-hydrogen) atoms. The van der Waals surface area contributed by atoms with Gasteiger partial charge in [0.15, 0.2) is 5.17 Å². The second-order valence-electron chi connectivity index (χ2n) is 7.18. The highest BCUT2D eigenvalue weighted by Crippen LogP contribution is 2.22. The number of benzene rings is 2. The van der Waals surface area contributed by atoms with Gasteiger partial charge in [0.05, 0.1) is 5.71 Å². The topological polar surface area (TPSA) is 86.2 Å². The van der Waals surface area contributed by atoms with E-state index < -0.39 is 5.25 Å². The van der Waals surface area contributed by atoms with Crippen LogP contribution in [0, 0.1) is 0 Å². The summed E-state index contributed by atoms with van der Waals surface area (Å²) in [6.45, 7) is 1.82. The molecule has 1 saturated heterocycles. The number of hydrogen-bond donors (Lipinski definition) is 2. The van der Waals surface area contributed by atoms with Gasteiger partial charge in [0.1, 0.15) is 5.25 Å². The van der Waals surface area contributed by atoms with E-state index in [4.69, 9.17) is 0 Å². The number of hydrogen-bond acceptors (Lipinski definition) is 6. The van der Waals surface area contributed by atoms with Crippen LogP contribution in [0.3, 0.4) is 0 Å². The molecule has 0 aromatic heterocycles. The zero-order chi connectivity index (χ0) is 22.2. The summed E-state index contributed by atoms with van der Waals surface area (Å²) in [5.41, 5.74) is 3.54. The summed E-state index contributed by atoms with van der Waals surface area (Å²) in [4.78, 5) is 26.6. The van der Waals surface area contributed by atoms with Crippen molar-refractivity contribution in [2.75, 3.05) is 24.3 Å². The van der Waals surface area contributed by atoms with Crippen molar-refractivity contribution in [2.24, 2.45) is 10.2 Å². The van der Waals surface area contributed by atoms with E-state index in [2.05, 4.69) is 20.8 Å². The number of thioether (sulfide) groups is 1. The third-order valence-corrected chi connectivity index (χ3v) is 5.50. The minimum absolute atomic E-state index is 0.0912. The Morgan fingerprint density at radius 3 is 2.55 bits per heavy atom. The fraction of sp³-hybridized carbons (Fsp3) is 0.217. The van der Waals surface area contributed by atoms with Crippen molar-refractivity contribution in [1.29, 1.82) is 0 Å². The van der Waals surface area contributed by atoms with Gasteiger partial charge in [-0.2, -0.15) is 5.10 Å². The first-order chi connectivity index (χ1) is 14.9. The van der Waals surface area contributed by atoms with Crippen molar-refractivity contribution in [3.8, 4) is 0 Å². The molecule has 3 rings (SSSR count). The maximum atomic E-state index is 12.5. The Labute approximate surface area is 186 Å². The number of rotatable bonds is 6. The van der Waals surface area contributed by atoms with Crippen LogP contribution in [0.5, 0.6) is 0 Å². The van der Waals surface area contributed by atoms with E-state index in [9.17, 15) is 9.59 Å². The molecule has 8 heteroatoms. The Balaban J connectivity index is 1.62. The molecule has 1 fully saturated rings. The Kier molecular flexibility index (Phi) is 7.61. The summed E-state index contributed by atoms with van der Waals surface area (Å²) < 4.78 is 0. The van der Waals surface area contributed by atoms with Crippen molar-refractivity contribution in [3.05, 3.63) is 66.2 Å². The molecule has 0 radical (unpaired) electrons. The van der Waals surface area contributed by atoms with Crippen LogP contribution in [-0.4, -0.2) is 42.0 Å². The van der Waals surface area contributed by atoms with E-state index in [1.165, 1.54) is 11.8 Å². The number of allylic oxidation sites excluding steroid dienone is 1. The van der Waals surface area contributed by atoms with Crippen molar-refractivity contribution in [3.63, 3.8) is 0 Å². The number of amidine groups is 1. The van der Waals surface area contributed by atoms with E-state index in [1.807, 2.05) is 80.5 Å². The second kappa shape index (κ2) is 10.6. The monoisotopic (exact) mass is 435 g/mol. The van der Waals surface area contributed by atoms with Crippen molar-refractivity contribution in [2.45, 2.75) is 18.6 Å². The van der Waals surface area contributed by atoms with Crippen LogP contribution in [0.4, 0.5) is 11.4 Å². The summed E-state index contributed by atoms with van der Waals surface area (Å²) in [6.07, 6.45) is 3.89. The maximum absolute atomic E-state index is 12.5. The number of carbonyl (C=O) groups is 2. The zero-order valence-corrected chi connectivity index (χ0v) is 18.5. The first-order valence-electron chi connectivity index (χ1n) is 9.81. The Bertz CT molecular complexity index is 1010. The largest absolute Gasteiger partial charge is 0.378 e. The highest BCUT2D eigenvalue weighted by Gasteiger charge is 2.30. The van der Waals surface area contributed by atoms with Crippen LogP contribution < -0.4 is 15.5 Å². The molecule has 2 amide bonds. The number of para-hydroxylation sites is 1. The summed E-state index contributed by atoms with van der Waals surface area (Å²) in [5.74, 6) is -0.490. The van der Waals surface area contributed by atoms with E-state index in [1.54, 1.807) is 12.1 Å². The molecule has 1 atom stereocenters. The smallest absolute Gasteiger partial charge is 0.238 e. The summed E-state index contributed by atoms with van der Waals surface area (Å²) in [6, 6.07) is 17.3. The molecule has 2 aromatic carbocycles. The lowest BCUT2D eigenvalue weighted by molar-refractivity contribution is -0.123. The van der Waals surface area contributed by atoms with Crippen LogP contribution in [0.2, 0.25) is 0 Å². The van der Waals surface area contributed by atoms with Gasteiger partial charge in [-0.3, -0.25) is 9.59 Å². The maximum Gasteiger partial charge on any atom is 0.238 e. The number of nitrogens with zero attached hydrogens (tertiary/aromatic N) is 3. The normalized spacial score (nSPS) is 18.2. The lowest BCUT2D eigenvalue weighted by Gasteiger charge is -2.21. The fourth-order valence-corrected chi connectivity index (χ4v) is 3.67. The van der Waals surface area contributed by atoms with Crippen molar-refractivity contribution in [1.82, 2.24) is 5.32 Å². The second-order valence-corrected chi connectivity index (χ2v) is 8.37. The average Bonchev–Trinajstić information content (AvgIpc) is 2.77. The number of amides is 2. The molecule has 0 spiro atoms. The molecule has 2 aromatic rings. The third-order valence-electron chi connectivity index (χ3n) is 4.43. The van der Waals surface area contributed by atoms with Crippen molar-refractivity contribution < 1.29 is 9.59 Å². The Hall–Kier alpha value is -3.39. The number of nitrogens with one attached hydrogen (secondary N) is 2. The van der Waals surface area contributed by atoms with Gasteiger partial charge in [-0.25, -0.2) is 0 Å². The molecule has 7 nitrogen and oxygen atoms in total. The predicted molar refractivity (Wildman–Crippen MR) is 130 cm³/mol. The van der Waals surface area contributed by atoms with Crippen LogP contribution in [0.25, 0.3) is 6.08 Å². The van der Waals surface area contributed by atoms with E-state index in [0.29, 0.717) is 16.6 Å². The lowest BCUT2D eigenvalue weighted by Crippen LogP contribution is -2.41. The van der Waals surface area contributed by atoms with Crippen LogP contribution >= 0.6 is 11.8 Å². The predicted octanol–water partition coefficient (Wildman–Crippen LogP) is 3.76. The van der Waals surface area contributed by atoms with Gasteiger partial charge in [-0.1, -0.05) is 48.2 Å². The standard InChI is InChI=1S/C23H25N5O2S/c1-16(9-10-17-11-13-19(14-12-17)28(2)3)26-27-23-25-21(29)15-20(31-23)22(30)24-18-7-5-4-6-8-18/h4-14,20H,15H2,1-3H3,(H,24,30)(H,25,27,29)/b10-9+,26-16-/t20-/m0/s1. The van der Waals surface area contributed by atoms with Gasteiger partial charge >= 0.3 is 0 Å². The first kappa shape index (κ1) is 22.3. The molecule has 1 aliphatic heterocycles. The molecular formula is C23H25N5O2S. The number of carbonyl (C=O) groups excluding carboxylic acids is 2. The van der Waals surface area contributed by atoms with E-state index in [0.717, 1.165) is 11.3 Å². The fourth-order valence-electron chi connectivity index (χ4n) is 2.74. The minimum Gasteiger partial charge on any atom is -0.378 e. The Morgan fingerprint density at radius 1 is 1.16 bits per heavy atom. The van der Waals surface area contributed by atoms with Gasteiger partial charge < -0.3 is 15.5 Å². The molecule has 0 bridgehead atoms. The molecule has 1 heterocycles. The quantitative estimate of drug-likeness (QED) is 0.534. The molecule has 2 N–H and O–H groups in total. The molecular weight excluding hydrogens is 410 g/mol. The number of anilines is 2. The van der Waals surface area contributed by atoms with Gasteiger partial charge in [-0.15, -0.1) is 5.10 Å². The highest BCUT2D eigenvalue weighted by molar-refractivity contribution is 8.15. The Morgan fingerprint density at radius 2 is 1.87 bits per heavy atom. The molecule has 0 saturated carbocycles. The SMILES string of the molecule is CC(/C=C/c1ccc(N(C)C)cc1)=N/N=C1NC(=O)C[C@@H](C(=O)Nc2ccccc2)S1. The van der Waals surface area contributed by atoms with E-state index >= 15 is 0 Å². The van der Waals surface area contributed by atoms with Gasteiger partial charge in [0.2, 0.25) is 11.8 Å². The highest BCUT2D eigenvalue weighted by atomic mass is 32.2. The van der Waals surface area contributed by atoms with Gasteiger partial charge in [0.25, 0.3) is 0 Å². The first-order valence-corrected chi connectivity index (χ1v) is 10.7. The summed E-state index contributed by atoms with van der Waals surface area (Å²) >= 11 is 1.19. The van der Waals surface area contributed by atoms with Gasteiger partial charge in [-0.05, 0) is 42.8 Å². The zero-order valence-electron chi connectivity index (χ0n) is 17.7. The lowest BCUT2D eigenvalue weighted by atomic mass is 10.2. The van der Waals surface area contributed by atoms with E-state index in [-0.39, 0.29) is 18.2 Å². The summed E-state index contributed by atoms with van der Waals surface area (Å²) in [5, 5.41) is 13.5. The van der Waals surface area contributed by atoms with Crippen LogP contribution in [-0.2, 0) is 9.59 Å². The average molecular weight is 436 g/mol. The molecule has 1 aliphatic rings. The van der Waals surface area contributed by atoms with Crippen molar-refractivity contribution >= 4 is 51.9 Å². The third kappa shape index (κ3) is 6.82. The molecule has 0 unspecified atom stereocenters. The molecule has 0 aliphatic carbocycles.